The summed E-state index contributed by atoms with van der Waals surface area (Å²) >= 11 is 0. The number of nitrogens with zero attached hydrogens (tertiary/aromatic N) is 6. The van der Waals surface area contributed by atoms with Gasteiger partial charge in [-0.25, -0.2) is 4.39 Å². The van der Waals surface area contributed by atoms with Gasteiger partial charge in [0.25, 0.3) is 0 Å². The summed E-state index contributed by atoms with van der Waals surface area (Å²) < 4.78 is 21.3. The number of anilines is 1. The minimum atomic E-state index is -0.517. The molecule has 1 saturated heterocycles. The second-order valence-electron chi connectivity index (χ2n) is 8.95. The predicted molar refractivity (Wildman–Crippen MR) is 127 cm³/mol. The molecule has 1 unspecified atom stereocenters. The molecule has 3 aromatic heterocycles. The first-order chi connectivity index (χ1) is 16.4. The molecule has 1 aliphatic heterocycles. The maximum atomic E-state index is 16.0. The number of hydrogen-bond acceptors (Lipinski definition) is 7. The number of pyridine rings is 2. The summed E-state index contributed by atoms with van der Waals surface area (Å²) in [6.45, 7) is 6.73. The summed E-state index contributed by atoms with van der Waals surface area (Å²) in [7, 11) is 3.34. The lowest BCUT2D eigenvalue weighted by molar-refractivity contribution is -0.125. The molecule has 0 N–H and O–H groups in total. The van der Waals surface area contributed by atoms with Gasteiger partial charge in [-0.05, 0) is 49.3 Å². The first-order valence-corrected chi connectivity index (χ1v) is 11.4. The Labute approximate surface area is 197 Å². The van der Waals surface area contributed by atoms with Crippen molar-refractivity contribution in [2.75, 3.05) is 32.1 Å². The van der Waals surface area contributed by atoms with E-state index in [0.29, 0.717) is 35.8 Å². The number of carbonyl (C=O) groups excluding carboxylic acids is 1. The van der Waals surface area contributed by atoms with Crippen LogP contribution in [0.25, 0.3) is 22.2 Å². The molecule has 3 aromatic rings. The summed E-state index contributed by atoms with van der Waals surface area (Å²) in [5.74, 6) is 0.316. The average Bonchev–Trinajstić information content (AvgIpc) is 3.57. The molecule has 1 amide bonds. The van der Waals surface area contributed by atoms with E-state index in [2.05, 4.69) is 26.5 Å². The van der Waals surface area contributed by atoms with Gasteiger partial charge >= 0.3 is 6.01 Å². The fourth-order valence-electron chi connectivity index (χ4n) is 4.81. The van der Waals surface area contributed by atoms with Crippen LogP contribution in [0.5, 0.6) is 6.01 Å². The van der Waals surface area contributed by atoms with Crippen LogP contribution in [0.4, 0.5) is 10.2 Å². The number of amides is 1. The molecule has 1 saturated carbocycles. The van der Waals surface area contributed by atoms with Crippen LogP contribution in [0.1, 0.15) is 36.3 Å². The van der Waals surface area contributed by atoms with E-state index in [1.54, 1.807) is 17.3 Å². The zero-order valence-electron chi connectivity index (χ0n) is 19.6. The SMILES string of the molecule is C=CC(=O)N1CCC(N(C)c2nc(OC)nc3c(F)c(-c4cncc(C)c4C4CC4)ncc23)C1. The Hall–Kier alpha value is -3.62. The molecule has 176 valence electrons. The first-order valence-electron chi connectivity index (χ1n) is 11.4. The van der Waals surface area contributed by atoms with Crippen LogP contribution in [0.2, 0.25) is 0 Å². The Morgan fingerprint density at radius 1 is 1.26 bits per heavy atom. The standard InChI is InChI=1S/C25H27FN6O2/c1-5-19(33)32-9-8-16(13-32)31(3)24-18-12-28-22(21(26)23(18)29-25(30-24)34-4)17-11-27-10-14(2)20(17)15-6-7-15/h5,10-12,15-16H,1,6-9,13H2,2-4H3. The van der Waals surface area contributed by atoms with Crippen LogP contribution < -0.4 is 9.64 Å². The molecular formula is C25H27FN6O2. The molecule has 0 spiro atoms. The fourth-order valence-corrected chi connectivity index (χ4v) is 4.81. The minimum absolute atomic E-state index is 0.0110. The van der Waals surface area contributed by atoms with E-state index < -0.39 is 5.82 Å². The number of carbonyl (C=O) groups is 1. The molecule has 0 aromatic carbocycles. The van der Waals surface area contributed by atoms with Crippen molar-refractivity contribution in [2.24, 2.45) is 0 Å². The highest BCUT2D eigenvalue weighted by molar-refractivity contribution is 5.92. The molecule has 9 heteroatoms. The number of ether oxygens (including phenoxy) is 1. The number of likely N-dealkylation sites (N-methyl/N-ethyl adjacent to an activating group) is 1. The van der Waals surface area contributed by atoms with Gasteiger partial charge in [0.05, 0.1) is 12.5 Å². The first kappa shape index (κ1) is 22.2. The normalized spacial score (nSPS) is 17.8. The summed E-state index contributed by atoms with van der Waals surface area (Å²) in [5, 5.41) is 0.492. The number of methoxy groups -OCH3 is 1. The van der Waals surface area contributed by atoms with Crippen LogP contribution in [0.3, 0.4) is 0 Å². The number of fused-ring (bicyclic) bond motifs is 1. The molecule has 5 rings (SSSR count). The molecule has 34 heavy (non-hydrogen) atoms. The van der Waals surface area contributed by atoms with Crippen molar-refractivity contribution in [1.82, 2.24) is 24.8 Å². The summed E-state index contributed by atoms with van der Waals surface area (Å²) in [4.78, 5) is 33.4. The van der Waals surface area contributed by atoms with Gasteiger partial charge in [-0.15, -0.1) is 0 Å². The van der Waals surface area contributed by atoms with Crippen molar-refractivity contribution in [2.45, 2.75) is 38.1 Å². The Bertz CT molecular complexity index is 1290. The second-order valence-corrected chi connectivity index (χ2v) is 8.95. The lowest BCUT2D eigenvalue weighted by Gasteiger charge is -2.27. The highest BCUT2D eigenvalue weighted by Gasteiger charge is 2.32. The van der Waals surface area contributed by atoms with Crippen molar-refractivity contribution < 1.29 is 13.9 Å². The van der Waals surface area contributed by atoms with Crippen molar-refractivity contribution in [3.63, 3.8) is 0 Å². The van der Waals surface area contributed by atoms with Crippen LogP contribution in [-0.4, -0.2) is 64.0 Å². The maximum absolute atomic E-state index is 16.0. The van der Waals surface area contributed by atoms with E-state index >= 15 is 4.39 Å². The van der Waals surface area contributed by atoms with Crippen LogP contribution >= 0.6 is 0 Å². The molecule has 1 aliphatic carbocycles. The number of halogens is 1. The second kappa shape index (κ2) is 8.62. The highest BCUT2D eigenvalue weighted by atomic mass is 19.1. The Morgan fingerprint density at radius 3 is 2.76 bits per heavy atom. The summed E-state index contributed by atoms with van der Waals surface area (Å²) in [5.41, 5.74) is 3.25. The van der Waals surface area contributed by atoms with E-state index in [0.717, 1.165) is 30.4 Å². The largest absolute Gasteiger partial charge is 0.467 e. The van der Waals surface area contributed by atoms with Gasteiger partial charge in [0, 0.05) is 50.3 Å². The van der Waals surface area contributed by atoms with E-state index in [1.165, 1.54) is 13.2 Å². The third kappa shape index (κ3) is 3.74. The zero-order valence-corrected chi connectivity index (χ0v) is 19.6. The topological polar surface area (TPSA) is 84.3 Å². The van der Waals surface area contributed by atoms with Crippen molar-refractivity contribution in [3.8, 4) is 17.3 Å². The zero-order chi connectivity index (χ0) is 24.0. The molecule has 0 bridgehead atoms. The fraction of sp³-hybridized carbons (Fsp3) is 0.400. The molecule has 4 heterocycles. The number of aromatic nitrogens is 4. The summed E-state index contributed by atoms with van der Waals surface area (Å²) in [6, 6.07) is 0.0871. The van der Waals surface area contributed by atoms with Gasteiger partial charge in [0.2, 0.25) is 5.91 Å². The van der Waals surface area contributed by atoms with Crippen molar-refractivity contribution in [1.29, 1.82) is 0 Å². The van der Waals surface area contributed by atoms with E-state index in [9.17, 15) is 4.79 Å². The van der Waals surface area contributed by atoms with Gasteiger partial charge in [-0.1, -0.05) is 6.58 Å². The molecule has 0 radical (unpaired) electrons. The van der Waals surface area contributed by atoms with Crippen molar-refractivity contribution in [3.05, 3.63) is 48.2 Å². The molecule has 2 fully saturated rings. The predicted octanol–water partition coefficient (Wildman–Crippen LogP) is 3.64. The smallest absolute Gasteiger partial charge is 0.318 e. The molecular weight excluding hydrogens is 435 g/mol. The average molecular weight is 463 g/mol. The third-order valence-electron chi connectivity index (χ3n) is 6.79. The monoisotopic (exact) mass is 462 g/mol. The van der Waals surface area contributed by atoms with Crippen LogP contribution in [0.15, 0.2) is 31.2 Å². The summed E-state index contributed by atoms with van der Waals surface area (Å²) in [6.07, 6.45) is 9.39. The molecule has 8 nitrogen and oxygen atoms in total. The van der Waals surface area contributed by atoms with E-state index in [-0.39, 0.29) is 29.2 Å². The highest BCUT2D eigenvalue weighted by Crippen LogP contribution is 2.46. The number of likely N-dealkylation sites (tertiary alicyclic amines) is 1. The van der Waals surface area contributed by atoms with Crippen molar-refractivity contribution >= 4 is 22.6 Å². The number of hydrogen-bond donors (Lipinski definition) is 0. The molecule has 2 aliphatic rings. The quantitative estimate of drug-likeness (QED) is 0.517. The van der Waals surface area contributed by atoms with Crippen LogP contribution in [-0.2, 0) is 4.79 Å². The maximum Gasteiger partial charge on any atom is 0.318 e. The van der Waals surface area contributed by atoms with Gasteiger partial charge in [-0.2, -0.15) is 9.97 Å². The molecule has 1 atom stereocenters. The van der Waals surface area contributed by atoms with Gasteiger partial charge in [-0.3, -0.25) is 14.8 Å². The third-order valence-corrected chi connectivity index (χ3v) is 6.79. The van der Waals surface area contributed by atoms with E-state index in [1.807, 2.05) is 25.1 Å². The number of rotatable bonds is 6. The van der Waals surface area contributed by atoms with Gasteiger partial charge < -0.3 is 14.5 Å². The Balaban J connectivity index is 1.60. The Morgan fingerprint density at radius 2 is 2.06 bits per heavy atom. The lowest BCUT2D eigenvalue weighted by atomic mass is 9.97. The number of aryl methyl sites for hydroxylation is 1. The lowest BCUT2D eigenvalue weighted by Crippen LogP contribution is -2.36. The Kier molecular flexibility index (Phi) is 5.63. The minimum Gasteiger partial charge on any atom is -0.467 e. The van der Waals surface area contributed by atoms with Gasteiger partial charge in [0.1, 0.15) is 17.0 Å². The van der Waals surface area contributed by atoms with Gasteiger partial charge in [0.15, 0.2) is 5.82 Å². The van der Waals surface area contributed by atoms with E-state index in [4.69, 9.17) is 4.74 Å². The van der Waals surface area contributed by atoms with Crippen LogP contribution in [0, 0.1) is 12.7 Å².